The summed E-state index contributed by atoms with van der Waals surface area (Å²) in [4.78, 5) is 14.6. The Balaban J connectivity index is 1.66. The lowest BCUT2D eigenvalue weighted by molar-refractivity contribution is 0.397. The van der Waals surface area contributed by atoms with E-state index in [0.29, 0.717) is 29.7 Å². The summed E-state index contributed by atoms with van der Waals surface area (Å²) in [6.07, 6.45) is 1.60. The van der Waals surface area contributed by atoms with Crippen LogP contribution >= 0.6 is 0 Å². The SMILES string of the molecule is COc1cccc(OC)c1-c1cnnc(N(C)Cc2nc3c(C)cccc3[nH]2)n1. The fourth-order valence-corrected chi connectivity index (χ4v) is 3.28. The Kier molecular flexibility index (Phi) is 4.99. The van der Waals surface area contributed by atoms with Crippen LogP contribution in [0.5, 0.6) is 11.5 Å². The number of benzene rings is 2. The number of fused-ring (bicyclic) bond motifs is 1. The lowest BCUT2D eigenvalue weighted by atomic mass is 10.1. The van der Waals surface area contributed by atoms with Crippen molar-refractivity contribution in [1.82, 2.24) is 25.1 Å². The highest BCUT2D eigenvalue weighted by Gasteiger charge is 2.17. The van der Waals surface area contributed by atoms with E-state index in [-0.39, 0.29) is 0 Å². The summed E-state index contributed by atoms with van der Waals surface area (Å²) >= 11 is 0. The summed E-state index contributed by atoms with van der Waals surface area (Å²) in [6, 6.07) is 11.7. The summed E-state index contributed by atoms with van der Waals surface area (Å²) in [5.74, 6) is 2.63. The van der Waals surface area contributed by atoms with Gasteiger partial charge < -0.3 is 19.4 Å². The summed E-state index contributed by atoms with van der Waals surface area (Å²) in [7, 11) is 5.13. The molecule has 0 saturated carbocycles. The van der Waals surface area contributed by atoms with Gasteiger partial charge in [0.25, 0.3) is 0 Å². The van der Waals surface area contributed by atoms with Gasteiger partial charge in [0.2, 0.25) is 5.95 Å². The number of anilines is 1. The normalized spacial score (nSPS) is 10.9. The molecule has 2 aromatic heterocycles. The molecule has 1 N–H and O–H groups in total. The van der Waals surface area contributed by atoms with E-state index in [9.17, 15) is 0 Å². The van der Waals surface area contributed by atoms with Crippen LogP contribution in [0.15, 0.2) is 42.6 Å². The van der Waals surface area contributed by atoms with Crippen LogP contribution in [0.25, 0.3) is 22.3 Å². The predicted molar refractivity (Wildman–Crippen MR) is 111 cm³/mol. The first kappa shape index (κ1) is 18.7. The summed E-state index contributed by atoms with van der Waals surface area (Å²) < 4.78 is 11.0. The standard InChI is InChI=1S/C21H22N6O2/c1-13-7-5-8-14-20(13)25-18(23-14)12-27(2)21-24-15(11-22-26-21)19-16(28-3)9-6-10-17(19)29-4/h5-11H,12H2,1-4H3,(H,23,25). The molecule has 0 radical (unpaired) electrons. The molecule has 8 heteroatoms. The molecular weight excluding hydrogens is 368 g/mol. The van der Waals surface area contributed by atoms with Crippen molar-refractivity contribution in [2.45, 2.75) is 13.5 Å². The molecular formula is C21H22N6O2. The van der Waals surface area contributed by atoms with Gasteiger partial charge in [-0.3, -0.25) is 0 Å². The third-order valence-corrected chi connectivity index (χ3v) is 4.72. The van der Waals surface area contributed by atoms with Crippen LogP contribution in [-0.4, -0.2) is 46.4 Å². The Morgan fingerprint density at radius 3 is 2.41 bits per heavy atom. The Morgan fingerprint density at radius 2 is 1.72 bits per heavy atom. The third kappa shape index (κ3) is 3.56. The number of hydrogen-bond donors (Lipinski definition) is 1. The summed E-state index contributed by atoms with van der Waals surface area (Å²) in [5, 5.41) is 8.32. The smallest absolute Gasteiger partial charge is 0.246 e. The van der Waals surface area contributed by atoms with E-state index in [1.807, 2.05) is 55.3 Å². The quantitative estimate of drug-likeness (QED) is 0.540. The zero-order valence-corrected chi connectivity index (χ0v) is 16.8. The molecule has 4 aromatic rings. The number of hydrogen-bond acceptors (Lipinski definition) is 7. The van der Waals surface area contributed by atoms with Crippen LogP contribution in [0.4, 0.5) is 5.95 Å². The van der Waals surface area contributed by atoms with Gasteiger partial charge in [-0.2, -0.15) is 5.10 Å². The van der Waals surface area contributed by atoms with E-state index in [2.05, 4.69) is 20.2 Å². The first-order chi connectivity index (χ1) is 14.1. The molecule has 0 fully saturated rings. The molecule has 0 saturated heterocycles. The number of aromatic amines is 1. The van der Waals surface area contributed by atoms with Crippen molar-refractivity contribution in [3.05, 3.63) is 54.0 Å². The number of H-pyrrole nitrogens is 1. The maximum absolute atomic E-state index is 5.49. The van der Waals surface area contributed by atoms with E-state index in [1.165, 1.54) is 0 Å². The number of methoxy groups -OCH3 is 2. The van der Waals surface area contributed by atoms with Crippen molar-refractivity contribution in [1.29, 1.82) is 0 Å². The zero-order chi connectivity index (χ0) is 20.4. The van der Waals surface area contributed by atoms with Crippen LogP contribution in [-0.2, 0) is 6.54 Å². The molecule has 29 heavy (non-hydrogen) atoms. The van der Waals surface area contributed by atoms with Crippen LogP contribution in [0.3, 0.4) is 0 Å². The topological polar surface area (TPSA) is 89.0 Å². The second-order valence-corrected chi connectivity index (χ2v) is 6.69. The second kappa shape index (κ2) is 7.75. The Hall–Kier alpha value is -3.68. The molecule has 0 atom stereocenters. The Labute approximate surface area is 168 Å². The first-order valence-corrected chi connectivity index (χ1v) is 9.17. The fraction of sp³-hybridized carbons (Fsp3) is 0.238. The number of aryl methyl sites for hydroxylation is 1. The molecule has 0 amide bonds. The molecule has 2 aromatic carbocycles. The Bertz CT molecular complexity index is 1130. The molecule has 0 unspecified atom stereocenters. The largest absolute Gasteiger partial charge is 0.496 e. The number of aromatic nitrogens is 5. The van der Waals surface area contributed by atoms with Gasteiger partial charge >= 0.3 is 0 Å². The van der Waals surface area contributed by atoms with Gasteiger partial charge in [-0.1, -0.05) is 18.2 Å². The van der Waals surface area contributed by atoms with Gasteiger partial charge in [0.15, 0.2) is 0 Å². The van der Waals surface area contributed by atoms with E-state index in [4.69, 9.17) is 14.5 Å². The molecule has 0 aliphatic carbocycles. The van der Waals surface area contributed by atoms with E-state index >= 15 is 0 Å². The molecule has 0 bridgehead atoms. The van der Waals surface area contributed by atoms with Crippen molar-refractivity contribution >= 4 is 17.0 Å². The number of ether oxygens (including phenoxy) is 2. The highest BCUT2D eigenvalue weighted by atomic mass is 16.5. The summed E-state index contributed by atoms with van der Waals surface area (Å²) in [5.41, 5.74) is 4.48. The number of rotatable bonds is 6. The minimum atomic E-state index is 0.479. The monoisotopic (exact) mass is 390 g/mol. The number of para-hydroxylation sites is 1. The lowest BCUT2D eigenvalue weighted by Gasteiger charge is -2.17. The average molecular weight is 390 g/mol. The predicted octanol–water partition coefficient (Wildman–Crippen LogP) is 3.38. The minimum absolute atomic E-state index is 0.479. The number of nitrogens with zero attached hydrogens (tertiary/aromatic N) is 5. The third-order valence-electron chi connectivity index (χ3n) is 4.72. The molecule has 4 rings (SSSR count). The van der Waals surface area contributed by atoms with Gasteiger partial charge in [-0.05, 0) is 30.7 Å². The van der Waals surface area contributed by atoms with E-state index in [1.54, 1.807) is 20.4 Å². The highest BCUT2D eigenvalue weighted by molar-refractivity contribution is 5.78. The maximum Gasteiger partial charge on any atom is 0.246 e. The lowest BCUT2D eigenvalue weighted by Crippen LogP contribution is -2.20. The van der Waals surface area contributed by atoms with Gasteiger partial charge in [0.05, 0.1) is 43.6 Å². The average Bonchev–Trinajstić information content (AvgIpc) is 3.17. The van der Waals surface area contributed by atoms with Crippen molar-refractivity contribution in [3.63, 3.8) is 0 Å². The van der Waals surface area contributed by atoms with Crippen LogP contribution in [0, 0.1) is 6.92 Å². The molecule has 8 nitrogen and oxygen atoms in total. The van der Waals surface area contributed by atoms with Crippen LogP contribution in [0.2, 0.25) is 0 Å². The molecule has 0 spiro atoms. The number of nitrogens with one attached hydrogen (secondary N) is 1. The highest BCUT2D eigenvalue weighted by Crippen LogP contribution is 2.37. The summed E-state index contributed by atoms with van der Waals surface area (Å²) in [6.45, 7) is 2.57. The van der Waals surface area contributed by atoms with Crippen molar-refractivity contribution in [2.24, 2.45) is 0 Å². The molecule has 148 valence electrons. The second-order valence-electron chi connectivity index (χ2n) is 6.69. The minimum Gasteiger partial charge on any atom is -0.496 e. The van der Waals surface area contributed by atoms with Crippen molar-refractivity contribution < 1.29 is 9.47 Å². The van der Waals surface area contributed by atoms with Gasteiger partial charge in [0.1, 0.15) is 23.0 Å². The molecule has 0 aliphatic heterocycles. The fourth-order valence-electron chi connectivity index (χ4n) is 3.28. The first-order valence-electron chi connectivity index (χ1n) is 9.17. The maximum atomic E-state index is 5.49. The van der Waals surface area contributed by atoms with E-state index < -0.39 is 0 Å². The zero-order valence-electron chi connectivity index (χ0n) is 16.8. The van der Waals surface area contributed by atoms with Crippen molar-refractivity contribution in [3.8, 4) is 22.8 Å². The molecule has 2 heterocycles. The van der Waals surface area contributed by atoms with Crippen LogP contribution < -0.4 is 14.4 Å². The van der Waals surface area contributed by atoms with Gasteiger partial charge in [0, 0.05) is 7.05 Å². The number of imidazole rings is 1. The van der Waals surface area contributed by atoms with Crippen LogP contribution in [0.1, 0.15) is 11.4 Å². The van der Waals surface area contributed by atoms with E-state index in [0.717, 1.165) is 28.0 Å². The Morgan fingerprint density at radius 1 is 1.00 bits per heavy atom. The molecule has 0 aliphatic rings. The van der Waals surface area contributed by atoms with Crippen molar-refractivity contribution in [2.75, 3.05) is 26.2 Å². The van der Waals surface area contributed by atoms with Gasteiger partial charge in [-0.25, -0.2) is 9.97 Å². The van der Waals surface area contributed by atoms with Gasteiger partial charge in [-0.15, -0.1) is 5.10 Å².